The molecule has 0 aliphatic carbocycles. The van der Waals surface area contributed by atoms with Crippen molar-refractivity contribution in [3.05, 3.63) is 44.6 Å². The normalized spacial score (nSPS) is 8.25. The molecule has 0 fully saturated rings. The molecule has 0 aromatic heterocycles. The van der Waals surface area contributed by atoms with Gasteiger partial charge >= 0.3 is 0 Å². The van der Waals surface area contributed by atoms with E-state index in [1.54, 1.807) is 18.2 Å². The van der Waals surface area contributed by atoms with Gasteiger partial charge in [-0.1, -0.05) is 10.2 Å². The lowest BCUT2D eigenvalue weighted by Gasteiger charge is -1.99. The summed E-state index contributed by atoms with van der Waals surface area (Å²) < 4.78 is 0. The van der Waals surface area contributed by atoms with Crippen molar-refractivity contribution >= 4 is 28.8 Å². The van der Waals surface area contributed by atoms with E-state index in [4.69, 9.17) is 11.1 Å². The fraction of sp³-hybridized carbons (Fsp3) is 0.125. The number of thiocarbonyl (C=S) groups is 1. The summed E-state index contributed by atoms with van der Waals surface area (Å²) in [5, 5.41) is 9.05. The van der Waals surface area contributed by atoms with Crippen LogP contribution in [0.25, 0.3) is 20.9 Å². The van der Waals surface area contributed by atoms with Gasteiger partial charge in [0, 0.05) is 15.5 Å². The van der Waals surface area contributed by atoms with Crippen LogP contribution >= 0.6 is 12.2 Å². The van der Waals surface area contributed by atoms with Crippen LogP contribution in [0, 0.1) is 0 Å². The van der Waals surface area contributed by atoms with Crippen LogP contribution in [0.5, 0.6) is 0 Å². The highest BCUT2D eigenvalue weighted by Crippen LogP contribution is 2.24. The summed E-state index contributed by atoms with van der Waals surface area (Å²) in [6.45, 7) is 0.158. The average Bonchev–Trinajstić information content (AvgIpc) is 2.27. The number of azide groups is 2. The van der Waals surface area contributed by atoms with Crippen LogP contribution in [0.15, 0.2) is 33.4 Å². The zero-order valence-electron chi connectivity index (χ0n) is 7.98. The van der Waals surface area contributed by atoms with Crippen LogP contribution in [0.1, 0.15) is 5.56 Å². The Morgan fingerprint density at radius 2 is 1.94 bits per heavy atom. The van der Waals surface area contributed by atoms with Crippen molar-refractivity contribution in [2.45, 2.75) is 6.54 Å². The second kappa shape index (κ2) is 6.19. The monoisotopic (exact) mass is 231 g/mol. The van der Waals surface area contributed by atoms with Crippen molar-refractivity contribution in [3.8, 4) is 0 Å². The van der Waals surface area contributed by atoms with E-state index in [0.717, 1.165) is 0 Å². The molecule has 78 valence electrons. The van der Waals surface area contributed by atoms with Gasteiger partial charge < -0.3 is 0 Å². The molecule has 0 aliphatic heterocycles. The lowest BCUT2D eigenvalue weighted by atomic mass is 10.2. The highest BCUT2D eigenvalue weighted by Gasteiger charge is 1.98. The highest BCUT2D eigenvalue weighted by molar-refractivity contribution is 7.78. The molecule has 0 heterocycles. The number of hydrogen-bond acceptors (Lipinski definition) is 4. The summed E-state index contributed by atoms with van der Waals surface area (Å²) in [7, 11) is 0. The minimum absolute atomic E-state index is 0.158. The molecule has 1 aromatic carbocycles. The third kappa shape index (κ3) is 3.42. The molecule has 16 heavy (non-hydrogen) atoms. The Hall–Kier alpha value is -2.36. The van der Waals surface area contributed by atoms with Gasteiger partial charge in [-0.15, -0.1) is 0 Å². The number of hydrogen-bond donors (Lipinski definition) is 0. The minimum Gasteiger partial charge on any atom is -0.195 e. The summed E-state index contributed by atoms with van der Waals surface area (Å²) in [6.07, 6.45) is 0. The molecule has 0 amide bonds. The van der Waals surface area contributed by atoms with Crippen LogP contribution in [0.3, 0.4) is 0 Å². The van der Waals surface area contributed by atoms with E-state index in [2.05, 4.69) is 42.4 Å². The maximum absolute atomic E-state index is 8.32. The molecule has 0 N–H and O–H groups in total. The van der Waals surface area contributed by atoms with Crippen LogP contribution in [0.4, 0.5) is 11.4 Å². The number of nitrogens with zero attached hydrogens (tertiary/aromatic N) is 7. The molecule has 0 bridgehead atoms. The van der Waals surface area contributed by atoms with Crippen LogP contribution < -0.4 is 0 Å². The molecule has 1 rings (SSSR count). The number of aliphatic imine (C=N–C) groups is 1. The maximum atomic E-state index is 8.32. The Labute approximate surface area is 95.7 Å². The van der Waals surface area contributed by atoms with Gasteiger partial charge in [-0.2, -0.15) is 4.99 Å². The quantitative estimate of drug-likeness (QED) is 0.250. The van der Waals surface area contributed by atoms with E-state index in [0.29, 0.717) is 16.9 Å². The first-order valence-electron chi connectivity index (χ1n) is 4.08. The fourth-order valence-electron chi connectivity index (χ4n) is 1.09. The summed E-state index contributed by atoms with van der Waals surface area (Å²) in [5.41, 5.74) is 18.1. The Morgan fingerprint density at radius 1 is 1.19 bits per heavy atom. The van der Waals surface area contributed by atoms with Gasteiger partial charge in [0.1, 0.15) is 0 Å². The predicted octanol–water partition coefficient (Wildman–Crippen LogP) is 4.17. The number of isothiocyanates is 1. The van der Waals surface area contributed by atoms with Crippen LogP contribution in [-0.4, -0.2) is 5.16 Å². The molecule has 0 saturated heterocycles. The highest BCUT2D eigenvalue weighted by atomic mass is 32.1. The summed E-state index contributed by atoms with van der Waals surface area (Å²) in [5.74, 6) is 0. The largest absolute Gasteiger partial charge is 0.195 e. The van der Waals surface area contributed by atoms with E-state index in [-0.39, 0.29) is 6.54 Å². The fourth-order valence-corrected chi connectivity index (χ4v) is 1.19. The van der Waals surface area contributed by atoms with Crippen LogP contribution in [-0.2, 0) is 6.54 Å². The van der Waals surface area contributed by atoms with Gasteiger partial charge in [0.25, 0.3) is 0 Å². The molecule has 0 spiro atoms. The van der Waals surface area contributed by atoms with Crippen molar-refractivity contribution < 1.29 is 0 Å². The lowest BCUT2D eigenvalue weighted by Crippen LogP contribution is -1.79. The van der Waals surface area contributed by atoms with Gasteiger partial charge in [-0.05, 0) is 47.0 Å². The molecule has 0 saturated carbocycles. The first-order valence-corrected chi connectivity index (χ1v) is 4.49. The molecular formula is C8H5N7S. The zero-order chi connectivity index (χ0) is 11.8. The first-order chi connectivity index (χ1) is 7.80. The molecule has 7 nitrogen and oxygen atoms in total. The van der Waals surface area contributed by atoms with E-state index in [1.807, 2.05) is 0 Å². The molecule has 0 radical (unpaired) electrons. The Bertz CT molecular complexity index is 497. The van der Waals surface area contributed by atoms with Crippen molar-refractivity contribution in [3.63, 3.8) is 0 Å². The number of rotatable bonds is 4. The Morgan fingerprint density at radius 3 is 2.56 bits per heavy atom. The predicted molar refractivity (Wildman–Crippen MR) is 62.8 cm³/mol. The second-order valence-corrected chi connectivity index (χ2v) is 2.82. The third-order valence-electron chi connectivity index (χ3n) is 1.61. The topological polar surface area (TPSA) is 110 Å². The van der Waals surface area contributed by atoms with Gasteiger partial charge in [0.2, 0.25) is 0 Å². The second-order valence-electron chi connectivity index (χ2n) is 2.64. The molecule has 0 aliphatic rings. The minimum atomic E-state index is 0.158. The van der Waals surface area contributed by atoms with Crippen molar-refractivity contribution in [1.82, 2.24) is 0 Å². The van der Waals surface area contributed by atoms with E-state index >= 15 is 0 Å². The SMILES string of the molecule is [N-]=[N+]=NCc1cc(N=C=S)cc(N=[N+]=[N-])c1. The van der Waals surface area contributed by atoms with E-state index in [9.17, 15) is 0 Å². The third-order valence-corrected chi connectivity index (χ3v) is 1.71. The number of benzene rings is 1. The van der Waals surface area contributed by atoms with Crippen molar-refractivity contribution in [2.24, 2.45) is 15.2 Å². The van der Waals surface area contributed by atoms with Gasteiger partial charge in [0.05, 0.1) is 17.4 Å². The Kier molecular flexibility index (Phi) is 4.53. The average molecular weight is 231 g/mol. The van der Waals surface area contributed by atoms with Crippen molar-refractivity contribution in [1.29, 1.82) is 0 Å². The zero-order valence-corrected chi connectivity index (χ0v) is 8.79. The maximum Gasteiger partial charge on any atom is 0.0746 e. The van der Waals surface area contributed by atoms with Gasteiger partial charge in [-0.25, -0.2) is 0 Å². The summed E-state index contributed by atoms with van der Waals surface area (Å²) in [6, 6.07) is 4.83. The lowest BCUT2D eigenvalue weighted by molar-refractivity contribution is 1.05. The molecular weight excluding hydrogens is 226 g/mol. The summed E-state index contributed by atoms with van der Waals surface area (Å²) in [4.78, 5) is 9.06. The van der Waals surface area contributed by atoms with Gasteiger partial charge in [0.15, 0.2) is 0 Å². The van der Waals surface area contributed by atoms with Crippen molar-refractivity contribution in [2.75, 3.05) is 0 Å². The van der Waals surface area contributed by atoms with E-state index in [1.165, 1.54) is 0 Å². The molecule has 1 aromatic rings. The van der Waals surface area contributed by atoms with Gasteiger partial charge in [-0.3, -0.25) is 0 Å². The molecule has 0 unspecified atom stereocenters. The summed E-state index contributed by atoms with van der Waals surface area (Å²) >= 11 is 4.47. The molecule has 8 heteroatoms. The standard InChI is InChI=1S/C8H5N7S/c9-14-12-4-6-1-7(11-5-16)3-8(2-6)13-15-10/h1-3H,4H2. The smallest absolute Gasteiger partial charge is 0.0746 e. The molecule has 0 atom stereocenters. The van der Waals surface area contributed by atoms with E-state index < -0.39 is 0 Å². The first kappa shape index (κ1) is 11.7. The van der Waals surface area contributed by atoms with Crippen LogP contribution in [0.2, 0.25) is 0 Å². The Balaban J connectivity index is 3.21.